The first-order chi connectivity index (χ1) is 8.00. The molecule has 1 aliphatic rings. The average molecular weight is 259 g/mol. The van der Waals surface area contributed by atoms with Gasteiger partial charge in [0.25, 0.3) is 0 Å². The Kier molecular flexibility index (Phi) is 5.82. The summed E-state index contributed by atoms with van der Waals surface area (Å²) in [6.07, 6.45) is 4.64. The third-order valence-electron chi connectivity index (χ3n) is 3.27. The summed E-state index contributed by atoms with van der Waals surface area (Å²) in [6, 6.07) is 0.275. The molecule has 1 amide bonds. The van der Waals surface area contributed by atoms with E-state index < -0.39 is 11.2 Å². The summed E-state index contributed by atoms with van der Waals surface area (Å²) in [7, 11) is 0. The third kappa shape index (κ3) is 4.98. The fourth-order valence-corrected chi connectivity index (χ4v) is 2.68. The van der Waals surface area contributed by atoms with Gasteiger partial charge in [0, 0.05) is 6.04 Å². The first-order valence-electron chi connectivity index (χ1n) is 6.14. The van der Waals surface area contributed by atoms with Crippen molar-refractivity contribution in [3.05, 3.63) is 0 Å². The van der Waals surface area contributed by atoms with Gasteiger partial charge in [0.2, 0.25) is 5.91 Å². The zero-order chi connectivity index (χ0) is 12.8. The molecule has 0 aromatic heterocycles. The van der Waals surface area contributed by atoms with Gasteiger partial charge in [-0.3, -0.25) is 9.59 Å². The Hall–Kier alpha value is -0.710. The molecule has 0 saturated heterocycles. The SMILES string of the molecule is CC(SCC(=O)NC1CCCCC1C)C(=O)O. The highest BCUT2D eigenvalue weighted by Gasteiger charge is 2.23. The highest BCUT2D eigenvalue weighted by molar-refractivity contribution is 8.01. The summed E-state index contributed by atoms with van der Waals surface area (Å²) in [5, 5.41) is 11.2. The minimum atomic E-state index is -0.867. The number of carbonyl (C=O) groups is 2. The molecule has 0 radical (unpaired) electrons. The van der Waals surface area contributed by atoms with E-state index in [2.05, 4.69) is 12.2 Å². The van der Waals surface area contributed by atoms with Crippen molar-refractivity contribution in [2.75, 3.05) is 5.75 Å². The molecule has 1 rings (SSSR count). The first-order valence-corrected chi connectivity index (χ1v) is 7.19. The van der Waals surface area contributed by atoms with E-state index in [9.17, 15) is 9.59 Å². The largest absolute Gasteiger partial charge is 0.480 e. The zero-order valence-electron chi connectivity index (χ0n) is 10.4. The fourth-order valence-electron chi connectivity index (χ4n) is 2.05. The Morgan fingerprint density at radius 1 is 1.41 bits per heavy atom. The van der Waals surface area contributed by atoms with E-state index >= 15 is 0 Å². The van der Waals surface area contributed by atoms with Crippen LogP contribution in [0.1, 0.15) is 39.5 Å². The van der Waals surface area contributed by atoms with Crippen LogP contribution in [-0.4, -0.2) is 34.0 Å². The van der Waals surface area contributed by atoms with Crippen LogP contribution in [-0.2, 0) is 9.59 Å². The van der Waals surface area contributed by atoms with E-state index in [1.807, 2.05) is 0 Å². The van der Waals surface area contributed by atoms with E-state index in [0.29, 0.717) is 5.92 Å². The quantitative estimate of drug-likeness (QED) is 0.791. The van der Waals surface area contributed by atoms with Crippen molar-refractivity contribution in [2.45, 2.75) is 50.8 Å². The van der Waals surface area contributed by atoms with Crippen LogP contribution in [0.3, 0.4) is 0 Å². The number of rotatable bonds is 5. The first kappa shape index (κ1) is 14.4. The maximum atomic E-state index is 11.7. The van der Waals surface area contributed by atoms with Gasteiger partial charge in [-0.25, -0.2) is 0 Å². The van der Waals surface area contributed by atoms with Gasteiger partial charge in [-0.15, -0.1) is 11.8 Å². The second kappa shape index (κ2) is 6.89. The van der Waals surface area contributed by atoms with Crippen molar-refractivity contribution in [1.29, 1.82) is 0 Å². The second-order valence-corrected chi connectivity index (χ2v) is 6.06. The topological polar surface area (TPSA) is 66.4 Å². The molecule has 0 bridgehead atoms. The van der Waals surface area contributed by atoms with Crippen LogP contribution >= 0.6 is 11.8 Å². The molecule has 0 spiro atoms. The Morgan fingerprint density at radius 2 is 2.06 bits per heavy atom. The molecule has 0 aromatic rings. The maximum Gasteiger partial charge on any atom is 0.316 e. The standard InChI is InChI=1S/C12H21NO3S/c1-8-5-3-4-6-10(8)13-11(14)7-17-9(2)12(15)16/h8-10H,3-7H2,1-2H3,(H,13,14)(H,15,16). The predicted octanol–water partition coefficient (Wildman–Crippen LogP) is 1.89. The smallest absolute Gasteiger partial charge is 0.316 e. The molecule has 1 saturated carbocycles. The highest BCUT2D eigenvalue weighted by Crippen LogP contribution is 2.23. The molecular formula is C12H21NO3S. The van der Waals surface area contributed by atoms with Crippen LogP contribution in [0.25, 0.3) is 0 Å². The maximum absolute atomic E-state index is 11.7. The van der Waals surface area contributed by atoms with Crippen LogP contribution < -0.4 is 5.32 Å². The summed E-state index contributed by atoms with van der Waals surface area (Å²) in [5.74, 6) is -0.137. The van der Waals surface area contributed by atoms with Crippen molar-refractivity contribution in [3.63, 3.8) is 0 Å². The third-order valence-corrected chi connectivity index (χ3v) is 4.40. The van der Waals surface area contributed by atoms with Crippen molar-refractivity contribution in [3.8, 4) is 0 Å². The lowest BCUT2D eigenvalue weighted by Crippen LogP contribution is -2.42. The lowest BCUT2D eigenvalue weighted by molar-refractivity contribution is -0.136. The van der Waals surface area contributed by atoms with Gasteiger partial charge in [-0.2, -0.15) is 0 Å². The Bertz CT molecular complexity index is 283. The zero-order valence-corrected chi connectivity index (χ0v) is 11.3. The van der Waals surface area contributed by atoms with Gasteiger partial charge < -0.3 is 10.4 Å². The number of carboxylic acids is 1. The van der Waals surface area contributed by atoms with Crippen LogP contribution in [0.2, 0.25) is 0 Å². The lowest BCUT2D eigenvalue weighted by Gasteiger charge is -2.29. The molecule has 17 heavy (non-hydrogen) atoms. The van der Waals surface area contributed by atoms with Gasteiger partial charge >= 0.3 is 5.97 Å². The number of hydrogen-bond acceptors (Lipinski definition) is 3. The molecule has 0 aromatic carbocycles. The van der Waals surface area contributed by atoms with E-state index in [4.69, 9.17) is 5.11 Å². The van der Waals surface area contributed by atoms with Crippen molar-refractivity contribution in [2.24, 2.45) is 5.92 Å². The molecule has 4 nitrogen and oxygen atoms in total. The van der Waals surface area contributed by atoms with Crippen molar-refractivity contribution < 1.29 is 14.7 Å². The van der Waals surface area contributed by atoms with Crippen LogP contribution in [0.15, 0.2) is 0 Å². The van der Waals surface area contributed by atoms with Crippen molar-refractivity contribution in [1.82, 2.24) is 5.32 Å². The van der Waals surface area contributed by atoms with Crippen LogP contribution in [0.4, 0.5) is 0 Å². The van der Waals surface area contributed by atoms with E-state index in [1.54, 1.807) is 6.92 Å². The molecule has 98 valence electrons. The number of thioether (sulfide) groups is 1. The number of carbonyl (C=O) groups excluding carboxylic acids is 1. The summed E-state index contributed by atoms with van der Waals surface area (Å²) < 4.78 is 0. The van der Waals surface area contributed by atoms with Crippen LogP contribution in [0.5, 0.6) is 0 Å². The molecule has 0 aliphatic heterocycles. The number of amides is 1. The number of carboxylic acid groups (broad SMARTS) is 1. The van der Waals surface area contributed by atoms with Crippen molar-refractivity contribution >= 4 is 23.6 Å². The molecule has 1 aliphatic carbocycles. The van der Waals surface area contributed by atoms with Gasteiger partial charge in [0.1, 0.15) is 0 Å². The second-order valence-electron chi connectivity index (χ2n) is 4.73. The Morgan fingerprint density at radius 3 is 2.65 bits per heavy atom. The molecule has 0 heterocycles. The molecule has 5 heteroatoms. The van der Waals surface area contributed by atoms with Gasteiger partial charge in [-0.05, 0) is 25.7 Å². The Labute approximate surface area is 107 Å². The van der Waals surface area contributed by atoms with Crippen LogP contribution in [0, 0.1) is 5.92 Å². The van der Waals surface area contributed by atoms with Gasteiger partial charge in [-0.1, -0.05) is 19.8 Å². The summed E-state index contributed by atoms with van der Waals surface area (Å²) >= 11 is 1.17. The van der Waals surface area contributed by atoms with Gasteiger partial charge in [0.05, 0.1) is 11.0 Å². The number of nitrogens with one attached hydrogen (secondary N) is 1. The molecule has 3 unspecified atom stereocenters. The fraction of sp³-hybridized carbons (Fsp3) is 0.833. The summed E-state index contributed by atoms with van der Waals surface area (Å²) in [4.78, 5) is 22.3. The molecular weight excluding hydrogens is 238 g/mol. The number of hydrogen-bond donors (Lipinski definition) is 2. The van der Waals surface area contributed by atoms with E-state index in [-0.39, 0.29) is 17.7 Å². The lowest BCUT2D eigenvalue weighted by atomic mass is 9.86. The molecule has 1 fully saturated rings. The minimum absolute atomic E-state index is 0.0400. The monoisotopic (exact) mass is 259 g/mol. The molecule has 3 atom stereocenters. The summed E-state index contributed by atoms with van der Waals surface area (Å²) in [6.45, 7) is 3.76. The number of aliphatic carboxylic acids is 1. The molecule has 2 N–H and O–H groups in total. The summed E-state index contributed by atoms with van der Waals surface area (Å²) in [5.41, 5.74) is 0. The van der Waals surface area contributed by atoms with E-state index in [0.717, 1.165) is 6.42 Å². The average Bonchev–Trinajstić information content (AvgIpc) is 2.29. The highest BCUT2D eigenvalue weighted by atomic mass is 32.2. The Balaban J connectivity index is 2.26. The van der Waals surface area contributed by atoms with E-state index in [1.165, 1.54) is 31.0 Å². The van der Waals surface area contributed by atoms with Gasteiger partial charge in [0.15, 0.2) is 0 Å². The normalized spacial score (nSPS) is 26.2. The predicted molar refractivity (Wildman–Crippen MR) is 69.1 cm³/mol. The minimum Gasteiger partial charge on any atom is -0.480 e.